The molecule has 1 aliphatic rings. The molecule has 3 aromatic carbocycles. The van der Waals surface area contributed by atoms with E-state index in [4.69, 9.17) is 4.74 Å². The number of carbonyl (C=O) groups is 1. The van der Waals surface area contributed by atoms with E-state index in [0.717, 1.165) is 11.1 Å². The van der Waals surface area contributed by atoms with Crippen molar-refractivity contribution in [2.24, 2.45) is 0 Å². The van der Waals surface area contributed by atoms with Gasteiger partial charge in [-0.15, -0.1) is 0 Å². The summed E-state index contributed by atoms with van der Waals surface area (Å²) in [5.74, 6) is -1.15. The normalized spacial score (nSPS) is 12.6. The third-order valence-corrected chi connectivity index (χ3v) is 5.52. The van der Waals surface area contributed by atoms with E-state index in [9.17, 15) is 14.3 Å². The highest BCUT2D eigenvalue weighted by molar-refractivity contribution is 9.10. The van der Waals surface area contributed by atoms with Crippen molar-refractivity contribution in [2.75, 3.05) is 13.2 Å². The highest BCUT2D eigenvalue weighted by Gasteiger charge is 2.28. The molecule has 4 rings (SSSR count). The highest BCUT2D eigenvalue weighted by atomic mass is 79.9. The van der Waals surface area contributed by atoms with E-state index in [1.807, 2.05) is 24.3 Å². The molecule has 0 saturated heterocycles. The summed E-state index contributed by atoms with van der Waals surface area (Å²) in [5.41, 5.74) is 4.96. The van der Waals surface area contributed by atoms with Gasteiger partial charge in [-0.3, -0.25) is 0 Å². The monoisotopic (exact) mass is 467 g/mol. The summed E-state index contributed by atoms with van der Waals surface area (Å²) in [6.07, 6.45) is 2.61. The van der Waals surface area contributed by atoms with Crippen molar-refractivity contribution in [1.82, 2.24) is 5.32 Å². The second-order valence-electron chi connectivity index (χ2n) is 6.93. The Kier molecular flexibility index (Phi) is 5.86. The molecule has 152 valence electrons. The largest absolute Gasteiger partial charge is 0.504 e. The van der Waals surface area contributed by atoms with Crippen LogP contribution in [0.4, 0.5) is 9.18 Å². The lowest BCUT2D eigenvalue weighted by Crippen LogP contribution is -2.26. The molecule has 3 aromatic rings. The van der Waals surface area contributed by atoms with Crippen LogP contribution in [0.25, 0.3) is 17.2 Å². The lowest BCUT2D eigenvalue weighted by molar-refractivity contribution is 0.144. The minimum Gasteiger partial charge on any atom is -0.504 e. The minimum absolute atomic E-state index is 0.000262. The van der Waals surface area contributed by atoms with E-state index in [1.165, 1.54) is 23.3 Å². The Morgan fingerprint density at radius 1 is 1.10 bits per heavy atom. The molecule has 0 spiro atoms. The fraction of sp³-hybridized carbons (Fsp3) is 0.125. The van der Waals surface area contributed by atoms with Gasteiger partial charge in [-0.05, 0) is 34.4 Å². The maximum absolute atomic E-state index is 13.5. The molecule has 0 fully saturated rings. The van der Waals surface area contributed by atoms with Crippen molar-refractivity contribution in [1.29, 1.82) is 0 Å². The van der Waals surface area contributed by atoms with Crippen LogP contribution < -0.4 is 5.32 Å². The van der Waals surface area contributed by atoms with Gasteiger partial charge in [0.25, 0.3) is 0 Å². The molecule has 1 amide bonds. The summed E-state index contributed by atoms with van der Waals surface area (Å²) in [7, 11) is 0. The van der Waals surface area contributed by atoms with E-state index >= 15 is 0 Å². The number of halogens is 2. The summed E-state index contributed by atoms with van der Waals surface area (Å²) < 4.78 is 19.5. The van der Waals surface area contributed by atoms with Gasteiger partial charge in [-0.25, -0.2) is 9.18 Å². The van der Waals surface area contributed by atoms with Crippen LogP contribution in [-0.4, -0.2) is 24.4 Å². The Morgan fingerprint density at radius 3 is 2.40 bits per heavy atom. The molecule has 0 saturated carbocycles. The van der Waals surface area contributed by atoms with Gasteiger partial charge in [0.15, 0.2) is 11.6 Å². The Hall–Kier alpha value is -3.12. The first-order valence-electron chi connectivity index (χ1n) is 9.48. The van der Waals surface area contributed by atoms with Crippen LogP contribution in [0.5, 0.6) is 5.75 Å². The number of nitrogens with one attached hydrogen (secondary N) is 1. The molecule has 0 aliphatic heterocycles. The van der Waals surface area contributed by atoms with E-state index < -0.39 is 17.7 Å². The molecular weight excluding hydrogens is 449 g/mol. The quantitative estimate of drug-likeness (QED) is 0.494. The average Bonchev–Trinajstić information content (AvgIpc) is 3.07. The number of phenolic OH excluding ortho intramolecular Hbond substituents is 1. The Labute approximate surface area is 182 Å². The van der Waals surface area contributed by atoms with Gasteiger partial charge in [0.05, 0.1) is 0 Å². The minimum atomic E-state index is -0.714. The van der Waals surface area contributed by atoms with Crippen molar-refractivity contribution in [2.45, 2.75) is 5.92 Å². The number of hydrogen-bond donors (Lipinski definition) is 2. The van der Waals surface area contributed by atoms with E-state index in [-0.39, 0.29) is 19.1 Å². The van der Waals surface area contributed by atoms with Crippen LogP contribution in [0.1, 0.15) is 22.6 Å². The molecule has 0 bridgehead atoms. The number of benzene rings is 3. The smallest absolute Gasteiger partial charge is 0.407 e. The van der Waals surface area contributed by atoms with Gasteiger partial charge in [0.2, 0.25) is 0 Å². The molecule has 0 unspecified atom stereocenters. The lowest BCUT2D eigenvalue weighted by Gasteiger charge is -2.14. The Morgan fingerprint density at radius 2 is 1.73 bits per heavy atom. The number of aromatic hydroxyl groups is 1. The van der Waals surface area contributed by atoms with Crippen LogP contribution in [0, 0.1) is 5.82 Å². The van der Waals surface area contributed by atoms with Gasteiger partial charge in [-0.2, -0.15) is 0 Å². The van der Waals surface area contributed by atoms with Crippen LogP contribution in [0.2, 0.25) is 0 Å². The highest BCUT2D eigenvalue weighted by Crippen LogP contribution is 2.44. The fourth-order valence-electron chi connectivity index (χ4n) is 3.69. The third kappa shape index (κ3) is 4.09. The van der Waals surface area contributed by atoms with Crippen molar-refractivity contribution in [3.63, 3.8) is 0 Å². The number of hydrogen-bond acceptors (Lipinski definition) is 3. The molecule has 6 heteroatoms. The van der Waals surface area contributed by atoms with Crippen LogP contribution in [0.15, 0.2) is 71.2 Å². The molecule has 0 radical (unpaired) electrons. The van der Waals surface area contributed by atoms with Crippen LogP contribution >= 0.6 is 15.9 Å². The number of phenols is 1. The number of carbonyl (C=O) groups excluding carboxylic acids is 1. The van der Waals surface area contributed by atoms with Crippen molar-refractivity contribution < 1.29 is 19.0 Å². The SMILES string of the molecule is O=C(NCC=Cc1cc(Br)cc(F)c1O)OCC1c2ccccc2-c2ccccc21. The zero-order chi connectivity index (χ0) is 21.1. The summed E-state index contributed by atoms with van der Waals surface area (Å²) in [6, 6.07) is 19.1. The fourth-order valence-corrected chi connectivity index (χ4v) is 4.14. The standard InChI is InChI=1S/C24H19BrFNO3/c25-16-12-15(23(28)22(26)13-16)6-5-11-27-24(29)30-14-21-19-9-3-1-7-17(19)18-8-2-4-10-20(18)21/h1-10,12-13,21,28H,11,14H2,(H,27,29). The van der Waals surface area contributed by atoms with Gasteiger partial charge in [0, 0.05) is 22.5 Å². The van der Waals surface area contributed by atoms with Crippen LogP contribution in [0.3, 0.4) is 0 Å². The van der Waals surface area contributed by atoms with E-state index in [1.54, 1.807) is 12.1 Å². The zero-order valence-corrected chi connectivity index (χ0v) is 17.5. The van der Waals surface area contributed by atoms with E-state index in [0.29, 0.717) is 10.0 Å². The zero-order valence-electron chi connectivity index (χ0n) is 15.9. The molecule has 2 N–H and O–H groups in total. The average molecular weight is 468 g/mol. The predicted octanol–water partition coefficient (Wildman–Crippen LogP) is 5.85. The molecule has 1 aliphatic carbocycles. The summed E-state index contributed by atoms with van der Waals surface area (Å²) in [6.45, 7) is 0.422. The maximum atomic E-state index is 13.5. The van der Waals surface area contributed by atoms with Gasteiger partial charge in [-0.1, -0.05) is 76.6 Å². The number of fused-ring (bicyclic) bond motifs is 3. The predicted molar refractivity (Wildman–Crippen MR) is 118 cm³/mol. The maximum Gasteiger partial charge on any atom is 0.407 e. The first-order chi connectivity index (χ1) is 14.5. The number of ether oxygens (including phenoxy) is 1. The topological polar surface area (TPSA) is 58.6 Å². The van der Waals surface area contributed by atoms with Crippen molar-refractivity contribution in [3.8, 4) is 16.9 Å². The van der Waals surface area contributed by atoms with Gasteiger partial charge < -0.3 is 15.2 Å². The Bertz CT molecular complexity index is 1080. The number of rotatable bonds is 5. The van der Waals surface area contributed by atoms with Gasteiger partial charge in [0.1, 0.15) is 6.61 Å². The molecule has 30 heavy (non-hydrogen) atoms. The summed E-state index contributed by atoms with van der Waals surface area (Å²) in [5, 5.41) is 12.4. The summed E-state index contributed by atoms with van der Waals surface area (Å²) in [4.78, 5) is 12.1. The first-order valence-corrected chi connectivity index (χ1v) is 10.3. The third-order valence-electron chi connectivity index (χ3n) is 5.06. The van der Waals surface area contributed by atoms with Crippen molar-refractivity contribution in [3.05, 3.63) is 93.7 Å². The molecular formula is C24H19BrFNO3. The number of alkyl carbamates (subject to hydrolysis) is 1. The van der Waals surface area contributed by atoms with E-state index in [2.05, 4.69) is 45.5 Å². The lowest BCUT2D eigenvalue weighted by atomic mass is 9.98. The molecule has 0 heterocycles. The first kappa shape index (κ1) is 20.2. The number of amides is 1. The second-order valence-corrected chi connectivity index (χ2v) is 7.85. The van der Waals surface area contributed by atoms with Crippen molar-refractivity contribution >= 4 is 28.1 Å². The second kappa shape index (κ2) is 8.71. The van der Waals surface area contributed by atoms with Crippen LogP contribution in [-0.2, 0) is 4.74 Å². The molecule has 0 aromatic heterocycles. The van der Waals surface area contributed by atoms with Gasteiger partial charge >= 0.3 is 6.09 Å². The Balaban J connectivity index is 1.35. The molecule has 4 nitrogen and oxygen atoms in total. The molecule has 0 atom stereocenters. The summed E-state index contributed by atoms with van der Waals surface area (Å²) >= 11 is 3.18.